The first-order chi connectivity index (χ1) is 9.60. The lowest BCUT2D eigenvalue weighted by Crippen LogP contribution is -2.28. The van der Waals surface area contributed by atoms with Crippen molar-refractivity contribution in [1.29, 1.82) is 0 Å². The molecule has 0 aliphatic carbocycles. The molecular formula is C14H26N6. The first-order valence-corrected chi connectivity index (χ1v) is 7.52. The first kappa shape index (κ1) is 14.8. The highest BCUT2D eigenvalue weighted by Gasteiger charge is 2.18. The molecule has 2 rings (SSSR count). The molecule has 1 aromatic rings. The van der Waals surface area contributed by atoms with Crippen molar-refractivity contribution in [2.75, 3.05) is 48.8 Å². The minimum Gasteiger partial charge on any atom is -0.354 e. The SMILES string of the molecule is CCNc1nc(N(C)C)nc(N2CCCC(C)CC2)n1. The summed E-state index contributed by atoms with van der Waals surface area (Å²) in [4.78, 5) is 17.8. The third-order valence-electron chi connectivity index (χ3n) is 3.65. The van der Waals surface area contributed by atoms with Gasteiger partial charge < -0.3 is 15.1 Å². The van der Waals surface area contributed by atoms with Gasteiger partial charge in [0, 0.05) is 33.7 Å². The van der Waals surface area contributed by atoms with E-state index in [1.807, 2.05) is 25.9 Å². The molecule has 0 saturated carbocycles. The van der Waals surface area contributed by atoms with Gasteiger partial charge in [-0.05, 0) is 32.1 Å². The second kappa shape index (κ2) is 6.72. The van der Waals surface area contributed by atoms with Gasteiger partial charge in [-0.3, -0.25) is 0 Å². The molecule has 1 atom stereocenters. The maximum Gasteiger partial charge on any atom is 0.231 e. The molecule has 1 N–H and O–H groups in total. The minimum absolute atomic E-state index is 0.665. The van der Waals surface area contributed by atoms with E-state index >= 15 is 0 Å². The van der Waals surface area contributed by atoms with Crippen molar-refractivity contribution < 1.29 is 0 Å². The maximum atomic E-state index is 4.60. The van der Waals surface area contributed by atoms with Gasteiger partial charge in [0.25, 0.3) is 0 Å². The van der Waals surface area contributed by atoms with E-state index in [9.17, 15) is 0 Å². The average Bonchev–Trinajstić information content (AvgIpc) is 2.63. The first-order valence-electron chi connectivity index (χ1n) is 7.52. The summed E-state index contributed by atoms with van der Waals surface area (Å²) in [7, 11) is 3.92. The minimum atomic E-state index is 0.665. The van der Waals surface area contributed by atoms with Gasteiger partial charge in [0.1, 0.15) is 0 Å². The molecule has 1 aromatic heterocycles. The van der Waals surface area contributed by atoms with E-state index in [0.29, 0.717) is 11.9 Å². The highest BCUT2D eigenvalue weighted by atomic mass is 15.3. The van der Waals surface area contributed by atoms with Gasteiger partial charge in [0.15, 0.2) is 0 Å². The van der Waals surface area contributed by atoms with Gasteiger partial charge in [0.05, 0.1) is 0 Å². The molecule has 112 valence electrons. The van der Waals surface area contributed by atoms with Gasteiger partial charge in [-0.25, -0.2) is 0 Å². The van der Waals surface area contributed by atoms with Crippen LogP contribution in [-0.4, -0.2) is 48.7 Å². The Balaban J connectivity index is 2.24. The van der Waals surface area contributed by atoms with Crippen LogP contribution in [0.5, 0.6) is 0 Å². The number of aromatic nitrogens is 3. The molecule has 0 amide bonds. The molecule has 6 heteroatoms. The van der Waals surface area contributed by atoms with Crippen LogP contribution in [0.15, 0.2) is 0 Å². The van der Waals surface area contributed by atoms with Gasteiger partial charge in [-0.15, -0.1) is 0 Å². The number of anilines is 3. The Hall–Kier alpha value is -1.59. The highest BCUT2D eigenvalue weighted by molar-refractivity contribution is 5.44. The standard InChI is InChI=1S/C14H26N6/c1-5-15-12-16-13(19(3)4)18-14(17-12)20-9-6-7-11(2)8-10-20/h11H,5-10H2,1-4H3,(H,15,16,17,18). The molecule has 0 radical (unpaired) electrons. The van der Waals surface area contributed by atoms with Crippen LogP contribution in [0.3, 0.4) is 0 Å². The van der Waals surface area contributed by atoms with Crippen molar-refractivity contribution in [2.45, 2.75) is 33.1 Å². The zero-order valence-electron chi connectivity index (χ0n) is 13.1. The molecule has 1 aliphatic rings. The zero-order valence-corrected chi connectivity index (χ0v) is 13.1. The fourth-order valence-electron chi connectivity index (χ4n) is 2.40. The topological polar surface area (TPSA) is 57.2 Å². The van der Waals surface area contributed by atoms with E-state index in [1.54, 1.807) is 0 Å². The number of nitrogens with zero attached hydrogens (tertiary/aromatic N) is 5. The molecule has 1 saturated heterocycles. The number of hydrogen-bond donors (Lipinski definition) is 1. The summed E-state index contributed by atoms with van der Waals surface area (Å²) in [5, 5.41) is 3.19. The fourth-order valence-corrected chi connectivity index (χ4v) is 2.40. The molecule has 1 aliphatic heterocycles. The van der Waals surface area contributed by atoms with Gasteiger partial charge in [0.2, 0.25) is 17.8 Å². The summed E-state index contributed by atoms with van der Waals surface area (Å²) >= 11 is 0. The van der Waals surface area contributed by atoms with Crippen molar-refractivity contribution >= 4 is 17.8 Å². The summed E-state index contributed by atoms with van der Waals surface area (Å²) < 4.78 is 0. The van der Waals surface area contributed by atoms with E-state index in [2.05, 4.69) is 32.1 Å². The quantitative estimate of drug-likeness (QED) is 0.909. The van der Waals surface area contributed by atoms with Crippen molar-refractivity contribution in [3.8, 4) is 0 Å². The predicted molar refractivity (Wildman–Crippen MR) is 83.5 cm³/mol. The second-order valence-electron chi connectivity index (χ2n) is 5.71. The highest BCUT2D eigenvalue weighted by Crippen LogP contribution is 2.21. The second-order valence-corrected chi connectivity index (χ2v) is 5.71. The molecule has 20 heavy (non-hydrogen) atoms. The zero-order chi connectivity index (χ0) is 14.5. The summed E-state index contributed by atoms with van der Waals surface area (Å²) in [6, 6.07) is 0. The van der Waals surface area contributed by atoms with Crippen molar-refractivity contribution in [1.82, 2.24) is 15.0 Å². The van der Waals surface area contributed by atoms with Crippen molar-refractivity contribution in [3.05, 3.63) is 0 Å². The predicted octanol–water partition coefficient (Wildman–Crippen LogP) is 2.00. The Morgan fingerprint density at radius 3 is 2.70 bits per heavy atom. The Kier molecular flexibility index (Phi) is 4.98. The monoisotopic (exact) mass is 278 g/mol. The Bertz CT molecular complexity index is 434. The lowest BCUT2D eigenvalue weighted by molar-refractivity contribution is 0.521. The van der Waals surface area contributed by atoms with Crippen LogP contribution in [0.1, 0.15) is 33.1 Å². The Labute approximate surface area is 121 Å². The smallest absolute Gasteiger partial charge is 0.231 e. The molecule has 0 bridgehead atoms. The number of hydrogen-bond acceptors (Lipinski definition) is 6. The van der Waals surface area contributed by atoms with Crippen LogP contribution >= 0.6 is 0 Å². The van der Waals surface area contributed by atoms with Crippen LogP contribution < -0.4 is 15.1 Å². The van der Waals surface area contributed by atoms with Crippen LogP contribution in [0.25, 0.3) is 0 Å². The molecule has 0 spiro atoms. The summed E-state index contributed by atoms with van der Waals surface area (Å²) in [5.41, 5.74) is 0. The molecule has 1 unspecified atom stereocenters. The third kappa shape index (κ3) is 3.71. The fraction of sp³-hybridized carbons (Fsp3) is 0.786. The van der Waals surface area contributed by atoms with E-state index in [0.717, 1.165) is 31.5 Å². The average molecular weight is 278 g/mol. The molecule has 6 nitrogen and oxygen atoms in total. The largest absolute Gasteiger partial charge is 0.354 e. The third-order valence-corrected chi connectivity index (χ3v) is 3.65. The molecule has 1 fully saturated rings. The van der Waals surface area contributed by atoms with E-state index < -0.39 is 0 Å². The van der Waals surface area contributed by atoms with Crippen LogP contribution in [0, 0.1) is 5.92 Å². The Morgan fingerprint density at radius 2 is 2.00 bits per heavy atom. The van der Waals surface area contributed by atoms with E-state index in [-0.39, 0.29) is 0 Å². The number of rotatable bonds is 4. The normalized spacial score (nSPS) is 19.6. The van der Waals surface area contributed by atoms with Gasteiger partial charge in [-0.1, -0.05) is 6.92 Å². The lowest BCUT2D eigenvalue weighted by atomic mass is 10.0. The molecule has 2 heterocycles. The Morgan fingerprint density at radius 1 is 1.20 bits per heavy atom. The summed E-state index contributed by atoms with van der Waals surface area (Å²) in [6.07, 6.45) is 3.71. The maximum absolute atomic E-state index is 4.60. The van der Waals surface area contributed by atoms with Crippen LogP contribution in [-0.2, 0) is 0 Å². The number of nitrogens with one attached hydrogen (secondary N) is 1. The summed E-state index contributed by atoms with van der Waals surface area (Å²) in [6.45, 7) is 7.25. The van der Waals surface area contributed by atoms with Crippen LogP contribution in [0.4, 0.5) is 17.8 Å². The van der Waals surface area contributed by atoms with E-state index in [4.69, 9.17) is 0 Å². The van der Waals surface area contributed by atoms with Crippen molar-refractivity contribution in [3.63, 3.8) is 0 Å². The van der Waals surface area contributed by atoms with Gasteiger partial charge >= 0.3 is 0 Å². The summed E-state index contributed by atoms with van der Waals surface area (Å²) in [5.74, 6) is 2.97. The molecule has 0 aromatic carbocycles. The lowest BCUT2D eigenvalue weighted by Gasteiger charge is -2.22. The van der Waals surface area contributed by atoms with Crippen molar-refractivity contribution in [2.24, 2.45) is 5.92 Å². The van der Waals surface area contributed by atoms with Gasteiger partial charge in [-0.2, -0.15) is 15.0 Å². The molecular weight excluding hydrogens is 252 g/mol. The van der Waals surface area contributed by atoms with Crippen LogP contribution in [0.2, 0.25) is 0 Å². The van der Waals surface area contributed by atoms with E-state index in [1.165, 1.54) is 19.3 Å².